The third-order valence-electron chi connectivity index (χ3n) is 10.4. The number of aldehydes is 1. The van der Waals surface area contributed by atoms with Crippen molar-refractivity contribution in [2.45, 2.75) is 64.6 Å². The van der Waals surface area contributed by atoms with Gasteiger partial charge in [0.1, 0.15) is 17.9 Å². The van der Waals surface area contributed by atoms with E-state index in [4.69, 9.17) is 15.6 Å². The van der Waals surface area contributed by atoms with Gasteiger partial charge in [-0.3, -0.25) is 9.69 Å². The molecule has 0 aromatic heterocycles. The van der Waals surface area contributed by atoms with Gasteiger partial charge in [0.2, 0.25) is 0 Å². The zero-order valence-corrected chi connectivity index (χ0v) is 32.3. The molecule has 2 fully saturated rings. The molecule has 4 aliphatic heterocycles. The van der Waals surface area contributed by atoms with Crippen LogP contribution in [-0.2, 0) is 29.1 Å². The summed E-state index contributed by atoms with van der Waals surface area (Å²) in [6, 6.07) is 30.9. The van der Waals surface area contributed by atoms with Crippen LogP contribution in [0.5, 0.6) is 5.75 Å². The molecule has 0 radical (unpaired) electrons. The van der Waals surface area contributed by atoms with Crippen molar-refractivity contribution in [3.8, 4) is 5.75 Å². The van der Waals surface area contributed by atoms with E-state index in [9.17, 15) is 14.0 Å². The fraction of sp³-hybridized carbons (Fsp3) is 0.422. The Bertz CT molecular complexity index is 1730. The zero-order chi connectivity index (χ0) is 38.8. The lowest BCUT2D eigenvalue weighted by atomic mass is 9.95. The molecule has 2 saturated heterocycles. The maximum Gasteiger partial charge on any atom is 0.251 e. The highest BCUT2D eigenvalue weighted by atomic mass is 19.1. The molecule has 0 aliphatic carbocycles. The van der Waals surface area contributed by atoms with Crippen molar-refractivity contribution in [1.29, 1.82) is 0 Å². The number of nitrogens with one attached hydrogen (secondary N) is 1. The first-order valence-electron chi connectivity index (χ1n) is 19.8. The molecule has 4 N–H and O–H groups in total. The monoisotopic (exact) mass is 751 g/mol. The molecule has 9 nitrogen and oxygen atoms in total. The molecule has 4 aromatic rings. The number of phenolic OH excluding ortho intramolecular Hbond substituents is 1. The van der Waals surface area contributed by atoms with E-state index < -0.39 is 0 Å². The second-order valence-corrected chi connectivity index (χ2v) is 14.7. The van der Waals surface area contributed by atoms with Crippen LogP contribution in [0.15, 0.2) is 97.1 Å². The van der Waals surface area contributed by atoms with E-state index in [1.165, 1.54) is 30.2 Å². The maximum atomic E-state index is 13.5. The number of fused-ring (bicyclic) bond motifs is 2. The normalized spacial score (nSPS) is 17.1. The van der Waals surface area contributed by atoms with Crippen LogP contribution in [0.25, 0.3) is 0 Å². The summed E-state index contributed by atoms with van der Waals surface area (Å²) in [7, 11) is 0. The van der Waals surface area contributed by atoms with Gasteiger partial charge >= 0.3 is 0 Å². The number of benzene rings is 4. The number of unbranched alkanes of at least 4 members (excludes halogenated alkanes) is 1. The minimum Gasteiger partial charge on any atom is -0.508 e. The number of aromatic hydroxyl groups is 1. The van der Waals surface area contributed by atoms with Gasteiger partial charge in [-0.1, -0.05) is 48.5 Å². The van der Waals surface area contributed by atoms with Crippen molar-refractivity contribution >= 4 is 23.6 Å². The summed E-state index contributed by atoms with van der Waals surface area (Å²) in [4.78, 5) is 28.8. The number of carbonyl (C=O) groups is 2. The van der Waals surface area contributed by atoms with E-state index in [1.54, 1.807) is 24.3 Å². The first-order chi connectivity index (χ1) is 26.8. The standard InChI is InChI=1S/C24H29FN4O.C9H10O2.C6H13NO.C6H6/c25-20-2-1-3-21(15-20)28-8-6-18(7-9-28)17-27-10-12-29(13-11-27)22-4-5-23-19(14-22)16-26-24(23)30;10-9-2-1-7-3-4-11-6-8(7)5-9;1-6(7)4-2-3-5-8;1-2-4-6-5-3-1/h1-5,14-15,18H,6-13,16-17H2,(H,26,30);1-2,5,10H,3-4,6H2;5-6H,2-4,7H2,1H3;1-6H. The molecule has 1 atom stereocenters. The lowest BCUT2D eigenvalue weighted by Gasteiger charge is -2.40. The quantitative estimate of drug-likeness (QED) is 0.131. The summed E-state index contributed by atoms with van der Waals surface area (Å²) in [5.74, 6) is 0.941. The van der Waals surface area contributed by atoms with Crippen molar-refractivity contribution in [2.24, 2.45) is 11.7 Å². The zero-order valence-electron chi connectivity index (χ0n) is 32.3. The molecule has 10 heteroatoms. The van der Waals surface area contributed by atoms with Gasteiger partial charge < -0.3 is 35.5 Å². The van der Waals surface area contributed by atoms with Gasteiger partial charge in [0.05, 0.1) is 13.2 Å². The van der Waals surface area contributed by atoms with Gasteiger partial charge in [0.15, 0.2) is 0 Å². The Morgan fingerprint density at radius 2 is 1.55 bits per heavy atom. The number of carbonyl (C=O) groups excluding carboxylic acids is 2. The topological polar surface area (TPSA) is 111 Å². The van der Waals surface area contributed by atoms with Crippen molar-refractivity contribution in [3.63, 3.8) is 0 Å². The van der Waals surface area contributed by atoms with Crippen molar-refractivity contribution < 1.29 is 23.8 Å². The number of phenols is 1. The van der Waals surface area contributed by atoms with Crippen LogP contribution in [0.2, 0.25) is 0 Å². The number of nitrogens with zero attached hydrogens (tertiary/aromatic N) is 3. The molecule has 0 bridgehead atoms. The molecule has 4 aliphatic rings. The molecule has 294 valence electrons. The maximum absolute atomic E-state index is 13.5. The molecular formula is C45H58FN5O4. The van der Waals surface area contributed by atoms with Crippen LogP contribution in [0.3, 0.4) is 0 Å². The fourth-order valence-electron chi connectivity index (χ4n) is 7.28. The number of anilines is 2. The summed E-state index contributed by atoms with van der Waals surface area (Å²) < 4.78 is 18.7. The number of halogens is 1. The first kappa shape index (κ1) is 41.4. The first-order valence-corrected chi connectivity index (χ1v) is 19.8. The summed E-state index contributed by atoms with van der Waals surface area (Å²) >= 11 is 0. The van der Waals surface area contributed by atoms with Gasteiger partial charge in [-0.05, 0) is 110 Å². The largest absolute Gasteiger partial charge is 0.508 e. The third kappa shape index (κ3) is 13.5. The average Bonchev–Trinajstić information content (AvgIpc) is 3.59. The molecule has 0 saturated carbocycles. The average molecular weight is 752 g/mol. The van der Waals surface area contributed by atoms with Crippen molar-refractivity contribution in [3.05, 3.63) is 125 Å². The highest BCUT2D eigenvalue weighted by Gasteiger charge is 2.25. The van der Waals surface area contributed by atoms with Gasteiger partial charge in [-0.25, -0.2) is 4.39 Å². The minimum absolute atomic E-state index is 0.0461. The van der Waals surface area contributed by atoms with Crippen molar-refractivity contribution in [2.75, 3.05) is 62.2 Å². The van der Waals surface area contributed by atoms with Gasteiger partial charge in [-0.15, -0.1) is 0 Å². The number of amides is 1. The molecule has 4 heterocycles. The second-order valence-electron chi connectivity index (χ2n) is 14.7. The Labute approximate surface area is 326 Å². The van der Waals surface area contributed by atoms with Crippen LogP contribution in [0.1, 0.15) is 66.1 Å². The number of hydrogen-bond donors (Lipinski definition) is 3. The molecule has 4 aromatic carbocycles. The summed E-state index contributed by atoms with van der Waals surface area (Å²) in [5.41, 5.74) is 12.0. The predicted molar refractivity (Wildman–Crippen MR) is 219 cm³/mol. The van der Waals surface area contributed by atoms with Crippen LogP contribution in [0, 0.1) is 11.7 Å². The molecule has 1 unspecified atom stereocenters. The van der Waals surface area contributed by atoms with Gasteiger partial charge in [-0.2, -0.15) is 0 Å². The van der Waals surface area contributed by atoms with Crippen molar-refractivity contribution in [1.82, 2.24) is 10.2 Å². The number of ether oxygens (including phenoxy) is 1. The highest BCUT2D eigenvalue weighted by Crippen LogP contribution is 2.27. The third-order valence-corrected chi connectivity index (χ3v) is 10.4. The molecular weight excluding hydrogens is 694 g/mol. The van der Waals surface area contributed by atoms with E-state index in [0.29, 0.717) is 25.3 Å². The lowest BCUT2D eigenvalue weighted by Crippen LogP contribution is -2.49. The number of hydrogen-bond acceptors (Lipinski definition) is 8. The molecule has 1 amide bonds. The van der Waals surface area contributed by atoms with E-state index in [0.717, 1.165) is 106 Å². The summed E-state index contributed by atoms with van der Waals surface area (Å²) in [6.45, 7) is 11.4. The van der Waals surface area contributed by atoms with E-state index in [-0.39, 0.29) is 17.8 Å². The minimum atomic E-state index is -0.154. The number of piperidine rings is 1. The Hall–Kier alpha value is -4.77. The van der Waals surface area contributed by atoms with Gasteiger partial charge in [0, 0.05) is 81.8 Å². The number of rotatable bonds is 8. The molecule has 55 heavy (non-hydrogen) atoms. The Morgan fingerprint density at radius 3 is 2.22 bits per heavy atom. The molecule has 8 rings (SSSR count). The Balaban J connectivity index is 0.000000187. The lowest BCUT2D eigenvalue weighted by molar-refractivity contribution is -0.107. The van der Waals surface area contributed by atoms with Crippen LogP contribution in [0.4, 0.5) is 15.8 Å². The predicted octanol–water partition coefficient (Wildman–Crippen LogP) is 6.96. The highest BCUT2D eigenvalue weighted by molar-refractivity contribution is 5.98. The van der Waals surface area contributed by atoms with E-state index >= 15 is 0 Å². The second kappa shape index (κ2) is 21.9. The Kier molecular flexibility index (Phi) is 16.5. The van der Waals surface area contributed by atoms with Crippen LogP contribution < -0.4 is 20.9 Å². The fourth-order valence-corrected chi connectivity index (χ4v) is 7.28. The smallest absolute Gasteiger partial charge is 0.251 e. The number of piperazine rings is 1. The summed E-state index contributed by atoms with van der Waals surface area (Å²) in [5, 5.41) is 12.0. The number of nitrogens with two attached hydrogens (primary N) is 1. The SMILES string of the molecule is CC(N)CCCC=O.O=C1NCc2cc(N3CCN(CC4CCN(c5cccc(F)c5)CC4)CC3)ccc21.Oc1ccc2c(c1)COCC2.c1ccccc1. The summed E-state index contributed by atoms with van der Waals surface area (Å²) in [6.07, 6.45) is 6.78. The Morgan fingerprint density at radius 1 is 0.855 bits per heavy atom. The van der Waals surface area contributed by atoms with Gasteiger partial charge in [0.25, 0.3) is 5.91 Å². The van der Waals surface area contributed by atoms with Crippen LogP contribution >= 0.6 is 0 Å². The molecule has 0 spiro atoms. The van der Waals surface area contributed by atoms with E-state index in [1.807, 2.05) is 61.5 Å². The van der Waals surface area contributed by atoms with Crippen LogP contribution in [-0.4, -0.2) is 80.7 Å². The van der Waals surface area contributed by atoms with E-state index in [2.05, 4.69) is 32.1 Å².